The van der Waals surface area contributed by atoms with Crippen LogP contribution in [0.15, 0.2) is 0 Å². The molecule has 0 saturated carbocycles. The highest BCUT2D eigenvalue weighted by atomic mass is 19.3. The molecule has 0 bridgehead atoms. The van der Waals surface area contributed by atoms with Crippen molar-refractivity contribution in [3.8, 4) is 0 Å². The molecule has 0 aliphatic rings. The van der Waals surface area contributed by atoms with Crippen molar-refractivity contribution >= 4 is 0 Å². The van der Waals surface area contributed by atoms with Crippen LogP contribution >= 0.6 is 0 Å². The van der Waals surface area contributed by atoms with Crippen LogP contribution in [0.25, 0.3) is 0 Å². The van der Waals surface area contributed by atoms with Gasteiger partial charge in [-0.2, -0.15) is 0 Å². The quantitative estimate of drug-likeness (QED) is 0.120. The highest BCUT2D eigenvalue weighted by Crippen LogP contribution is 2.16. The number of rotatable bonds is 26. The minimum Gasteiger partial charge on any atom is -0.211 e. The Labute approximate surface area is 189 Å². The molecule has 0 aromatic heterocycles. The van der Waals surface area contributed by atoms with Gasteiger partial charge in [-0.05, 0) is 6.42 Å². The second kappa shape index (κ2) is 26.9. The fraction of sp³-hybridized carbons (Fsp3) is 1.00. The summed E-state index contributed by atoms with van der Waals surface area (Å²) in [5.74, 6) is 0. The van der Waals surface area contributed by atoms with Gasteiger partial charge < -0.3 is 0 Å². The molecule has 0 aliphatic carbocycles. The third kappa shape index (κ3) is 27.9. The summed E-state index contributed by atoms with van der Waals surface area (Å²) in [7, 11) is 0. The van der Waals surface area contributed by atoms with Gasteiger partial charge in [0.25, 0.3) is 0 Å². The van der Waals surface area contributed by atoms with Gasteiger partial charge in [-0.15, -0.1) is 0 Å². The van der Waals surface area contributed by atoms with E-state index in [1.807, 2.05) is 0 Å². The first kappa shape index (κ1) is 29.9. The van der Waals surface area contributed by atoms with E-state index in [2.05, 4.69) is 6.92 Å². The van der Waals surface area contributed by atoms with E-state index in [0.717, 1.165) is 12.8 Å². The fourth-order valence-corrected chi connectivity index (χ4v) is 4.44. The van der Waals surface area contributed by atoms with Gasteiger partial charge in [-0.3, -0.25) is 0 Å². The molecule has 0 fully saturated rings. The Kier molecular flexibility index (Phi) is 26.8. The van der Waals surface area contributed by atoms with Crippen LogP contribution in [0.4, 0.5) is 8.78 Å². The van der Waals surface area contributed by atoms with Crippen LogP contribution in [-0.4, -0.2) is 6.43 Å². The second-order valence-corrected chi connectivity index (χ2v) is 9.67. The third-order valence-corrected chi connectivity index (χ3v) is 6.53. The largest absolute Gasteiger partial charge is 0.238 e. The standard InChI is InChI=1S/C28H56F2/c1-2-3-4-5-6-7-8-9-10-11-12-13-14-15-16-17-18-19-20-21-22-23-24-25-26-27-28(29)30/h28H,2-27H2,1H3. The molecular formula is C28H56F2. The van der Waals surface area contributed by atoms with Crippen LogP contribution < -0.4 is 0 Å². The average molecular weight is 431 g/mol. The molecular weight excluding hydrogens is 374 g/mol. The van der Waals surface area contributed by atoms with Gasteiger partial charge in [-0.25, -0.2) is 8.78 Å². The van der Waals surface area contributed by atoms with E-state index in [4.69, 9.17) is 0 Å². The van der Waals surface area contributed by atoms with Crippen LogP contribution in [-0.2, 0) is 0 Å². The van der Waals surface area contributed by atoms with Crippen molar-refractivity contribution in [2.24, 2.45) is 0 Å². The summed E-state index contributed by atoms with van der Waals surface area (Å²) in [5, 5.41) is 0. The van der Waals surface area contributed by atoms with Gasteiger partial charge in [0.05, 0.1) is 0 Å². The van der Waals surface area contributed by atoms with E-state index in [1.54, 1.807) is 0 Å². The first-order chi connectivity index (χ1) is 14.8. The molecule has 0 aromatic carbocycles. The topological polar surface area (TPSA) is 0 Å². The number of unbranched alkanes of at least 4 members (excludes halogenated alkanes) is 24. The Morgan fingerprint density at radius 2 is 0.533 bits per heavy atom. The van der Waals surface area contributed by atoms with Crippen molar-refractivity contribution in [3.05, 3.63) is 0 Å². The highest BCUT2D eigenvalue weighted by Gasteiger charge is 2.01. The zero-order valence-corrected chi connectivity index (χ0v) is 20.7. The predicted octanol–water partition coefficient (Wildman–Crippen LogP) is 11.4. The molecule has 30 heavy (non-hydrogen) atoms. The summed E-state index contributed by atoms with van der Waals surface area (Å²) < 4.78 is 24.0. The van der Waals surface area contributed by atoms with Crippen LogP contribution in [0.2, 0.25) is 0 Å². The zero-order chi connectivity index (χ0) is 22.0. The molecule has 0 N–H and O–H groups in total. The molecule has 0 rings (SSSR count). The van der Waals surface area contributed by atoms with E-state index >= 15 is 0 Å². The SMILES string of the molecule is CCCCCCCCCCCCCCCCCCCCCCCCCCCC(F)F. The lowest BCUT2D eigenvalue weighted by Gasteiger charge is -2.04. The molecule has 0 spiro atoms. The minimum absolute atomic E-state index is 0.0965. The smallest absolute Gasteiger partial charge is 0.211 e. The van der Waals surface area contributed by atoms with Crippen LogP contribution in [0, 0.1) is 0 Å². The van der Waals surface area contributed by atoms with E-state index in [1.165, 1.54) is 141 Å². The van der Waals surface area contributed by atoms with E-state index in [0.29, 0.717) is 6.42 Å². The molecule has 0 unspecified atom stereocenters. The third-order valence-electron chi connectivity index (χ3n) is 6.53. The number of halogens is 2. The Hall–Kier alpha value is -0.140. The van der Waals surface area contributed by atoms with Crippen molar-refractivity contribution < 1.29 is 8.78 Å². The van der Waals surface area contributed by atoms with Crippen molar-refractivity contribution in [3.63, 3.8) is 0 Å². The first-order valence-electron chi connectivity index (χ1n) is 14.1. The van der Waals surface area contributed by atoms with Gasteiger partial charge in [-0.1, -0.05) is 161 Å². The summed E-state index contributed by atoms with van der Waals surface area (Å²) in [5.41, 5.74) is 0. The average Bonchev–Trinajstić information content (AvgIpc) is 2.73. The van der Waals surface area contributed by atoms with Crippen molar-refractivity contribution in [1.29, 1.82) is 0 Å². The molecule has 0 aliphatic heterocycles. The molecule has 0 nitrogen and oxygen atoms in total. The Morgan fingerprint density at radius 1 is 0.333 bits per heavy atom. The van der Waals surface area contributed by atoms with Gasteiger partial charge in [0.15, 0.2) is 0 Å². The molecule has 0 saturated heterocycles. The minimum atomic E-state index is -2.10. The normalized spacial score (nSPS) is 11.6. The van der Waals surface area contributed by atoms with E-state index < -0.39 is 6.43 Å². The van der Waals surface area contributed by atoms with Crippen molar-refractivity contribution in [2.45, 2.75) is 180 Å². The maximum atomic E-state index is 12.0. The number of alkyl halides is 2. The molecule has 0 atom stereocenters. The van der Waals surface area contributed by atoms with Crippen LogP contribution in [0.1, 0.15) is 174 Å². The second-order valence-electron chi connectivity index (χ2n) is 9.67. The van der Waals surface area contributed by atoms with Crippen molar-refractivity contribution in [2.75, 3.05) is 0 Å². The zero-order valence-electron chi connectivity index (χ0n) is 20.7. The van der Waals surface area contributed by atoms with Gasteiger partial charge in [0.1, 0.15) is 0 Å². The van der Waals surface area contributed by atoms with Crippen LogP contribution in [0.3, 0.4) is 0 Å². The lowest BCUT2D eigenvalue weighted by molar-refractivity contribution is 0.133. The molecule has 182 valence electrons. The summed E-state index contributed by atoms with van der Waals surface area (Å²) >= 11 is 0. The fourth-order valence-electron chi connectivity index (χ4n) is 4.44. The Balaban J connectivity index is 2.99. The maximum absolute atomic E-state index is 12.0. The molecule has 0 radical (unpaired) electrons. The summed E-state index contributed by atoms with van der Waals surface area (Å²) in [6.07, 6.45) is 32.0. The molecule has 0 amide bonds. The summed E-state index contributed by atoms with van der Waals surface area (Å²) in [6.45, 7) is 2.29. The Bertz CT molecular complexity index is 290. The highest BCUT2D eigenvalue weighted by molar-refractivity contribution is 4.52. The maximum Gasteiger partial charge on any atom is 0.238 e. The summed E-state index contributed by atoms with van der Waals surface area (Å²) in [4.78, 5) is 0. The van der Waals surface area contributed by atoms with Crippen LogP contribution in [0.5, 0.6) is 0 Å². The van der Waals surface area contributed by atoms with E-state index in [9.17, 15) is 8.78 Å². The predicted molar refractivity (Wildman–Crippen MR) is 132 cm³/mol. The molecule has 2 heteroatoms. The lowest BCUT2D eigenvalue weighted by atomic mass is 10.0. The lowest BCUT2D eigenvalue weighted by Crippen LogP contribution is -1.89. The number of hydrogen-bond donors (Lipinski definition) is 0. The molecule has 0 heterocycles. The monoisotopic (exact) mass is 430 g/mol. The number of hydrogen-bond acceptors (Lipinski definition) is 0. The first-order valence-corrected chi connectivity index (χ1v) is 14.1. The van der Waals surface area contributed by atoms with Gasteiger partial charge in [0.2, 0.25) is 6.43 Å². The Morgan fingerprint density at radius 3 is 0.733 bits per heavy atom. The molecule has 0 aromatic rings. The van der Waals surface area contributed by atoms with Gasteiger partial charge >= 0.3 is 0 Å². The van der Waals surface area contributed by atoms with Gasteiger partial charge in [0, 0.05) is 6.42 Å². The summed E-state index contributed by atoms with van der Waals surface area (Å²) in [6, 6.07) is 0. The van der Waals surface area contributed by atoms with E-state index in [-0.39, 0.29) is 6.42 Å². The van der Waals surface area contributed by atoms with Crippen molar-refractivity contribution in [1.82, 2.24) is 0 Å².